The average molecular weight is 230 g/mol. The summed E-state index contributed by atoms with van der Waals surface area (Å²) in [6.45, 7) is 3.56. The molecule has 6 heteroatoms. The molecule has 1 N–H and O–H groups in total. The van der Waals surface area contributed by atoms with Crippen molar-refractivity contribution < 1.29 is 8.42 Å². The highest BCUT2D eigenvalue weighted by molar-refractivity contribution is 7.89. The fraction of sp³-hybridized carbons (Fsp3) is 0.556. The lowest BCUT2D eigenvalue weighted by Gasteiger charge is -2.04. The van der Waals surface area contributed by atoms with Gasteiger partial charge in [0.25, 0.3) is 5.56 Å². The topological polar surface area (TPSA) is 79.9 Å². The minimum Gasteiger partial charge on any atom is -0.309 e. The van der Waals surface area contributed by atoms with Gasteiger partial charge in [-0.1, -0.05) is 6.92 Å². The van der Waals surface area contributed by atoms with E-state index in [-0.39, 0.29) is 17.1 Å². The molecule has 0 saturated heterocycles. The second kappa shape index (κ2) is 4.14. The van der Waals surface area contributed by atoms with Crippen LogP contribution in [0.4, 0.5) is 0 Å². The van der Waals surface area contributed by atoms with Gasteiger partial charge in [0.05, 0.1) is 0 Å². The van der Waals surface area contributed by atoms with E-state index in [2.05, 4.69) is 9.97 Å². The molecular formula is C9H14N2O3S. The van der Waals surface area contributed by atoms with Crippen LogP contribution in [0.15, 0.2) is 4.79 Å². The third kappa shape index (κ3) is 3.16. The number of sulfone groups is 1. The first kappa shape index (κ1) is 11.9. The molecule has 0 aliphatic carbocycles. The molecular weight excluding hydrogens is 216 g/mol. The number of aryl methyl sites for hydroxylation is 1. The summed E-state index contributed by atoms with van der Waals surface area (Å²) in [7, 11) is -3.16. The third-order valence-corrected chi connectivity index (χ3v) is 2.82. The Labute approximate surface area is 88.5 Å². The van der Waals surface area contributed by atoms with Crippen molar-refractivity contribution in [2.24, 2.45) is 0 Å². The zero-order chi connectivity index (χ0) is 11.6. The van der Waals surface area contributed by atoms with Crippen molar-refractivity contribution in [3.8, 4) is 0 Å². The molecule has 5 nitrogen and oxygen atoms in total. The van der Waals surface area contributed by atoms with Gasteiger partial charge in [0.15, 0.2) is 9.84 Å². The van der Waals surface area contributed by atoms with Gasteiger partial charge in [-0.2, -0.15) is 0 Å². The molecule has 1 rings (SSSR count). The SMILES string of the molecule is CCc1c(C)nc(CS(C)(=O)=O)[nH]c1=O. The van der Waals surface area contributed by atoms with Crippen molar-refractivity contribution in [3.05, 3.63) is 27.4 Å². The summed E-state index contributed by atoms with van der Waals surface area (Å²) in [5.41, 5.74) is 0.954. The molecule has 1 aromatic heterocycles. The van der Waals surface area contributed by atoms with Crippen LogP contribution in [0.3, 0.4) is 0 Å². The van der Waals surface area contributed by atoms with Crippen LogP contribution in [-0.4, -0.2) is 24.6 Å². The van der Waals surface area contributed by atoms with E-state index in [9.17, 15) is 13.2 Å². The molecule has 0 radical (unpaired) electrons. The van der Waals surface area contributed by atoms with E-state index in [0.29, 0.717) is 17.7 Å². The van der Waals surface area contributed by atoms with Crippen molar-refractivity contribution in [2.45, 2.75) is 26.0 Å². The molecule has 84 valence electrons. The Morgan fingerprint density at radius 1 is 1.40 bits per heavy atom. The minimum absolute atomic E-state index is 0.206. The second-order valence-corrected chi connectivity index (χ2v) is 5.64. The fourth-order valence-electron chi connectivity index (χ4n) is 1.40. The highest BCUT2D eigenvalue weighted by Gasteiger charge is 2.10. The average Bonchev–Trinajstić information content (AvgIpc) is 1.99. The molecule has 0 atom stereocenters. The first-order valence-electron chi connectivity index (χ1n) is 4.60. The maximum atomic E-state index is 11.5. The lowest BCUT2D eigenvalue weighted by Crippen LogP contribution is -2.20. The van der Waals surface area contributed by atoms with Crippen LogP contribution in [-0.2, 0) is 22.0 Å². The highest BCUT2D eigenvalue weighted by Crippen LogP contribution is 2.02. The van der Waals surface area contributed by atoms with Gasteiger partial charge in [-0.05, 0) is 13.3 Å². The number of hydrogen-bond acceptors (Lipinski definition) is 4. The van der Waals surface area contributed by atoms with Gasteiger partial charge in [-0.15, -0.1) is 0 Å². The molecule has 1 heterocycles. The molecule has 0 aliphatic rings. The number of hydrogen-bond donors (Lipinski definition) is 1. The van der Waals surface area contributed by atoms with E-state index < -0.39 is 9.84 Å². The van der Waals surface area contributed by atoms with Crippen molar-refractivity contribution in [3.63, 3.8) is 0 Å². The number of rotatable bonds is 3. The number of nitrogens with zero attached hydrogens (tertiary/aromatic N) is 1. The monoisotopic (exact) mass is 230 g/mol. The second-order valence-electron chi connectivity index (χ2n) is 3.50. The van der Waals surface area contributed by atoms with E-state index in [1.165, 1.54) is 0 Å². The fourth-order valence-corrected chi connectivity index (χ4v) is 2.04. The summed E-state index contributed by atoms with van der Waals surface area (Å²) in [4.78, 5) is 18.0. The van der Waals surface area contributed by atoms with Crippen molar-refractivity contribution >= 4 is 9.84 Å². The Balaban J connectivity index is 3.21. The Hall–Kier alpha value is -1.17. The molecule has 0 aromatic carbocycles. The Kier molecular flexibility index (Phi) is 3.28. The smallest absolute Gasteiger partial charge is 0.254 e. The number of H-pyrrole nitrogens is 1. The van der Waals surface area contributed by atoms with Crippen LogP contribution >= 0.6 is 0 Å². The normalized spacial score (nSPS) is 11.7. The maximum absolute atomic E-state index is 11.5. The van der Waals surface area contributed by atoms with Crippen LogP contribution in [0, 0.1) is 6.92 Å². The predicted molar refractivity (Wildman–Crippen MR) is 57.5 cm³/mol. The van der Waals surface area contributed by atoms with Crippen molar-refractivity contribution in [1.82, 2.24) is 9.97 Å². The van der Waals surface area contributed by atoms with E-state index in [1.54, 1.807) is 6.92 Å². The Bertz CT molecular complexity index is 517. The molecule has 0 fully saturated rings. The van der Waals surface area contributed by atoms with Gasteiger partial charge in [-0.25, -0.2) is 13.4 Å². The van der Waals surface area contributed by atoms with Gasteiger partial charge >= 0.3 is 0 Å². The Morgan fingerprint density at radius 3 is 2.40 bits per heavy atom. The molecule has 0 spiro atoms. The zero-order valence-corrected chi connectivity index (χ0v) is 9.81. The van der Waals surface area contributed by atoms with Gasteiger partial charge in [0.2, 0.25) is 0 Å². The largest absolute Gasteiger partial charge is 0.309 e. The molecule has 0 amide bonds. The summed E-state index contributed by atoms with van der Waals surface area (Å²) < 4.78 is 22.0. The van der Waals surface area contributed by atoms with Gasteiger partial charge in [0.1, 0.15) is 11.6 Å². The molecule has 0 saturated carbocycles. The van der Waals surface area contributed by atoms with Crippen molar-refractivity contribution in [1.29, 1.82) is 0 Å². The van der Waals surface area contributed by atoms with Gasteiger partial charge in [0, 0.05) is 17.5 Å². The summed E-state index contributed by atoms with van der Waals surface area (Å²) in [5.74, 6) is -0.0234. The van der Waals surface area contributed by atoms with E-state index >= 15 is 0 Å². The van der Waals surface area contributed by atoms with Crippen LogP contribution in [0.2, 0.25) is 0 Å². The summed E-state index contributed by atoms with van der Waals surface area (Å²) in [6.07, 6.45) is 1.70. The first-order valence-corrected chi connectivity index (χ1v) is 6.66. The number of nitrogens with one attached hydrogen (secondary N) is 1. The summed E-state index contributed by atoms with van der Waals surface area (Å²) in [6, 6.07) is 0. The van der Waals surface area contributed by atoms with Crippen LogP contribution in [0.25, 0.3) is 0 Å². The summed E-state index contributed by atoms with van der Waals surface area (Å²) in [5, 5.41) is 0. The Morgan fingerprint density at radius 2 is 2.00 bits per heavy atom. The van der Waals surface area contributed by atoms with E-state index in [1.807, 2.05) is 6.92 Å². The molecule has 15 heavy (non-hydrogen) atoms. The lowest BCUT2D eigenvalue weighted by atomic mass is 10.2. The highest BCUT2D eigenvalue weighted by atomic mass is 32.2. The first-order chi connectivity index (χ1) is 6.83. The van der Waals surface area contributed by atoms with E-state index in [4.69, 9.17) is 0 Å². The van der Waals surface area contributed by atoms with Crippen LogP contribution < -0.4 is 5.56 Å². The standard InChI is InChI=1S/C9H14N2O3S/c1-4-7-6(2)10-8(11-9(7)12)5-15(3,13)14/h4-5H2,1-3H3,(H,10,11,12). The summed E-state index contributed by atoms with van der Waals surface area (Å²) >= 11 is 0. The lowest BCUT2D eigenvalue weighted by molar-refractivity contribution is 0.599. The zero-order valence-electron chi connectivity index (χ0n) is 8.99. The quantitative estimate of drug-likeness (QED) is 0.803. The van der Waals surface area contributed by atoms with Gasteiger partial charge < -0.3 is 4.98 Å². The molecule has 0 aliphatic heterocycles. The molecule has 1 aromatic rings. The predicted octanol–water partition coefficient (Wildman–Crippen LogP) is 0.185. The number of aromatic nitrogens is 2. The molecule has 0 bridgehead atoms. The van der Waals surface area contributed by atoms with Crippen molar-refractivity contribution in [2.75, 3.05) is 6.26 Å². The molecule has 0 unspecified atom stereocenters. The maximum Gasteiger partial charge on any atom is 0.254 e. The van der Waals surface area contributed by atoms with E-state index in [0.717, 1.165) is 6.26 Å². The van der Waals surface area contributed by atoms with Crippen LogP contribution in [0.5, 0.6) is 0 Å². The van der Waals surface area contributed by atoms with Gasteiger partial charge in [-0.3, -0.25) is 4.79 Å². The van der Waals surface area contributed by atoms with Crippen LogP contribution in [0.1, 0.15) is 24.0 Å². The minimum atomic E-state index is -3.16. The number of aromatic amines is 1. The third-order valence-electron chi connectivity index (χ3n) is 2.02.